The Kier molecular flexibility index (Phi) is 6.53. The van der Waals surface area contributed by atoms with E-state index in [1.54, 1.807) is 6.07 Å². The van der Waals surface area contributed by atoms with E-state index < -0.39 is 35.0 Å². The largest absolute Gasteiger partial charge is 0.331 e. The molecular formula is C19H15F3N2O2S. The lowest BCUT2D eigenvalue weighted by atomic mass is 10.1. The Morgan fingerprint density at radius 1 is 1.07 bits per heavy atom. The molecule has 0 heterocycles. The van der Waals surface area contributed by atoms with Crippen molar-refractivity contribution in [3.05, 3.63) is 59.4 Å². The van der Waals surface area contributed by atoms with Gasteiger partial charge in [0, 0.05) is 19.0 Å². The molecule has 0 bridgehead atoms. The third-order valence-electron chi connectivity index (χ3n) is 3.66. The Balaban J connectivity index is 2.24. The summed E-state index contributed by atoms with van der Waals surface area (Å²) in [6, 6.07) is 6.10. The van der Waals surface area contributed by atoms with Crippen molar-refractivity contribution < 1.29 is 22.8 Å². The minimum atomic E-state index is -1.18. The zero-order valence-corrected chi connectivity index (χ0v) is 15.3. The summed E-state index contributed by atoms with van der Waals surface area (Å²) in [5.74, 6) is -1.29. The first kappa shape index (κ1) is 20.4. The van der Waals surface area contributed by atoms with Crippen LogP contribution < -0.4 is 4.90 Å². The second kappa shape index (κ2) is 8.64. The predicted molar refractivity (Wildman–Crippen MR) is 98.2 cm³/mol. The lowest BCUT2D eigenvalue weighted by molar-refractivity contribution is 0.0827. The Hall–Kier alpha value is -2.92. The van der Waals surface area contributed by atoms with Crippen LogP contribution in [0.2, 0.25) is 0 Å². The molecule has 0 spiro atoms. The second-order valence-electron chi connectivity index (χ2n) is 5.41. The van der Waals surface area contributed by atoms with Crippen molar-refractivity contribution in [1.82, 2.24) is 4.90 Å². The first-order valence-corrected chi connectivity index (χ1v) is 8.62. The van der Waals surface area contributed by atoms with Crippen LogP contribution in [0.1, 0.15) is 10.4 Å². The van der Waals surface area contributed by atoms with Crippen LogP contribution in [0.15, 0.2) is 41.3 Å². The first-order chi connectivity index (χ1) is 12.8. The van der Waals surface area contributed by atoms with Gasteiger partial charge < -0.3 is 0 Å². The molecule has 8 heteroatoms. The van der Waals surface area contributed by atoms with Gasteiger partial charge in [-0.05, 0) is 30.3 Å². The second-order valence-corrected chi connectivity index (χ2v) is 6.46. The monoisotopic (exact) mass is 392 g/mol. The highest BCUT2D eigenvalue weighted by Gasteiger charge is 2.28. The summed E-state index contributed by atoms with van der Waals surface area (Å²) in [6.07, 6.45) is 5.15. The molecule has 140 valence electrons. The number of anilines is 1. The highest BCUT2D eigenvalue weighted by molar-refractivity contribution is 7.99. The number of nitrogens with zero attached hydrogens (tertiary/aromatic N) is 2. The zero-order chi connectivity index (χ0) is 20.1. The van der Waals surface area contributed by atoms with Crippen LogP contribution in [0.25, 0.3) is 0 Å². The van der Waals surface area contributed by atoms with Gasteiger partial charge in [0.2, 0.25) is 0 Å². The summed E-state index contributed by atoms with van der Waals surface area (Å²) in [6.45, 7) is 0. The van der Waals surface area contributed by atoms with Crippen molar-refractivity contribution in [3.63, 3.8) is 0 Å². The van der Waals surface area contributed by atoms with Crippen molar-refractivity contribution in [2.45, 2.75) is 4.90 Å². The van der Waals surface area contributed by atoms with Crippen LogP contribution in [-0.4, -0.2) is 36.7 Å². The molecule has 0 saturated heterocycles. The summed E-state index contributed by atoms with van der Waals surface area (Å²) < 4.78 is 41.9. The van der Waals surface area contributed by atoms with Crippen LogP contribution in [0.5, 0.6) is 0 Å². The van der Waals surface area contributed by atoms with E-state index in [-0.39, 0.29) is 5.69 Å². The maximum Gasteiger partial charge on any atom is 0.331 e. The van der Waals surface area contributed by atoms with E-state index in [9.17, 15) is 22.8 Å². The number of amides is 3. The summed E-state index contributed by atoms with van der Waals surface area (Å²) in [7, 11) is 2.30. The third-order valence-corrected chi connectivity index (χ3v) is 4.56. The van der Waals surface area contributed by atoms with Crippen molar-refractivity contribution in [2.75, 3.05) is 24.7 Å². The SMILES string of the molecule is C#CCSc1ccc(N(C)C(=O)N(C)C(=O)c2c(F)cccc2F)c(F)c1. The number of hydrogen-bond donors (Lipinski definition) is 0. The molecule has 2 aromatic rings. The molecule has 4 nitrogen and oxygen atoms in total. The average Bonchev–Trinajstić information content (AvgIpc) is 2.64. The molecule has 3 amide bonds. The number of thioether (sulfide) groups is 1. The molecule has 0 fully saturated rings. The summed E-state index contributed by atoms with van der Waals surface area (Å²) in [5.41, 5.74) is -0.957. The van der Waals surface area contributed by atoms with Gasteiger partial charge in [0.25, 0.3) is 5.91 Å². The quantitative estimate of drug-likeness (QED) is 0.580. The fourth-order valence-electron chi connectivity index (χ4n) is 2.26. The van der Waals surface area contributed by atoms with Gasteiger partial charge in [-0.3, -0.25) is 14.6 Å². The van der Waals surface area contributed by atoms with E-state index in [1.165, 1.54) is 30.9 Å². The third kappa shape index (κ3) is 4.44. The van der Waals surface area contributed by atoms with Gasteiger partial charge in [-0.2, -0.15) is 0 Å². The molecule has 0 aromatic heterocycles. The number of terminal acetylenes is 1. The van der Waals surface area contributed by atoms with Gasteiger partial charge in [-0.25, -0.2) is 18.0 Å². The lowest BCUT2D eigenvalue weighted by Gasteiger charge is -2.24. The lowest BCUT2D eigenvalue weighted by Crippen LogP contribution is -2.43. The molecule has 0 aliphatic carbocycles. The molecule has 0 radical (unpaired) electrons. The maximum absolute atomic E-state index is 14.3. The number of imide groups is 1. The molecular weight excluding hydrogens is 377 g/mol. The topological polar surface area (TPSA) is 40.6 Å². The number of carbonyl (C=O) groups excluding carboxylic acids is 2. The van der Waals surface area contributed by atoms with Crippen LogP contribution in [0, 0.1) is 29.8 Å². The Bertz CT molecular complexity index is 907. The fourth-order valence-corrected chi connectivity index (χ4v) is 2.86. The number of hydrogen-bond acceptors (Lipinski definition) is 3. The highest BCUT2D eigenvalue weighted by atomic mass is 32.2. The molecule has 0 saturated carbocycles. The van der Waals surface area contributed by atoms with E-state index in [0.717, 1.165) is 30.1 Å². The molecule has 27 heavy (non-hydrogen) atoms. The molecule has 0 N–H and O–H groups in total. The fraction of sp³-hybridized carbons (Fsp3) is 0.158. The molecule has 0 aliphatic rings. The van der Waals surface area contributed by atoms with Crippen LogP contribution in [-0.2, 0) is 0 Å². The molecule has 0 atom stereocenters. The first-order valence-electron chi connectivity index (χ1n) is 7.63. The van der Waals surface area contributed by atoms with Crippen molar-refractivity contribution in [1.29, 1.82) is 0 Å². The van der Waals surface area contributed by atoms with Crippen LogP contribution in [0.4, 0.5) is 23.7 Å². The number of rotatable bonds is 4. The van der Waals surface area contributed by atoms with E-state index >= 15 is 0 Å². The minimum Gasteiger partial charge on any atom is -0.294 e. The van der Waals surface area contributed by atoms with Gasteiger partial charge in [0.05, 0.1) is 11.4 Å². The van der Waals surface area contributed by atoms with Gasteiger partial charge >= 0.3 is 6.03 Å². The number of carbonyl (C=O) groups is 2. The van der Waals surface area contributed by atoms with E-state index in [2.05, 4.69) is 5.92 Å². The van der Waals surface area contributed by atoms with Gasteiger partial charge in [0.1, 0.15) is 23.0 Å². The van der Waals surface area contributed by atoms with Crippen molar-refractivity contribution >= 4 is 29.4 Å². The standard InChI is InChI=1S/C19H15F3N2O2S/c1-4-10-27-12-8-9-16(15(22)11-12)23(2)19(26)24(3)18(25)17-13(20)6-5-7-14(17)21/h1,5-9,11H,10H2,2-3H3. The summed E-state index contributed by atoms with van der Waals surface area (Å²) >= 11 is 1.25. The normalized spacial score (nSPS) is 10.2. The van der Waals surface area contributed by atoms with E-state index in [0.29, 0.717) is 15.5 Å². The van der Waals surface area contributed by atoms with E-state index in [1.807, 2.05) is 0 Å². The minimum absolute atomic E-state index is 0.0984. The van der Waals surface area contributed by atoms with Crippen LogP contribution >= 0.6 is 11.8 Å². The van der Waals surface area contributed by atoms with E-state index in [4.69, 9.17) is 6.42 Å². The summed E-state index contributed by atoms with van der Waals surface area (Å²) in [5, 5.41) is 0. The smallest absolute Gasteiger partial charge is 0.294 e. The molecule has 0 aliphatic heterocycles. The Morgan fingerprint density at radius 3 is 2.26 bits per heavy atom. The zero-order valence-electron chi connectivity index (χ0n) is 14.5. The van der Waals surface area contributed by atoms with Gasteiger partial charge in [0.15, 0.2) is 0 Å². The molecule has 0 unspecified atom stereocenters. The van der Waals surface area contributed by atoms with Crippen molar-refractivity contribution in [3.8, 4) is 12.3 Å². The average molecular weight is 392 g/mol. The summed E-state index contributed by atoms with van der Waals surface area (Å²) in [4.78, 5) is 26.8. The molecule has 2 aromatic carbocycles. The Morgan fingerprint density at radius 2 is 1.70 bits per heavy atom. The highest BCUT2D eigenvalue weighted by Crippen LogP contribution is 2.26. The van der Waals surface area contributed by atoms with Crippen LogP contribution in [0.3, 0.4) is 0 Å². The molecule has 2 rings (SSSR count). The van der Waals surface area contributed by atoms with Crippen molar-refractivity contribution in [2.24, 2.45) is 0 Å². The predicted octanol–water partition coefficient (Wildman–Crippen LogP) is 4.16. The maximum atomic E-state index is 14.3. The van der Waals surface area contributed by atoms with Gasteiger partial charge in [-0.15, -0.1) is 18.2 Å². The Labute approximate surface area is 159 Å². The number of halogens is 3. The number of urea groups is 1. The van der Waals surface area contributed by atoms with Gasteiger partial charge in [-0.1, -0.05) is 12.0 Å². The number of benzene rings is 2.